The van der Waals surface area contributed by atoms with Gasteiger partial charge in [0, 0.05) is 24.5 Å². The van der Waals surface area contributed by atoms with Crippen LogP contribution in [-0.4, -0.2) is 26.4 Å². The lowest BCUT2D eigenvalue weighted by Gasteiger charge is -2.02. The van der Waals surface area contributed by atoms with Crippen molar-refractivity contribution in [2.45, 2.75) is 6.92 Å². The Morgan fingerprint density at radius 2 is 2.11 bits per heavy atom. The zero-order valence-corrected chi connectivity index (χ0v) is 9.62. The van der Waals surface area contributed by atoms with Crippen LogP contribution >= 0.6 is 0 Å². The van der Waals surface area contributed by atoms with Crippen molar-refractivity contribution >= 4 is 23.2 Å². The zero-order chi connectivity index (χ0) is 13.1. The third kappa shape index (κ3) is 2.73. The van der Waals surface area contributed by atoms with Crippen LogP contribution in [0.4, 0.5) is 5.69 Å². The van der Waals surface area contributed by atoms with Gasteiger partial charge >= 0.3 is 5.97 Å². The normalized spacial score (nSPS) is 10.9. The SMILES string of the molecule is Cc1cn2cc(NC(=O)/C=C/C(=O)O)ccc2n1. The summed E-state index contributed by atoms with van der Waals surface area (Å²) in [7, 11) is 0. The molecule has 1 amide bonds. The first-order valence-electron chi connectivity index (χ1n) is 5.22. The number of amides is 1. The molecule has 18 heavy (non-hydrogen) atoms. The number of imidazole rings is 1. The summed E-state index contributed by atoms with van der Waals surface area (Å²) in [4.78, 5) is 25.9. The molecule has 6 nitrogen and oxygen atoms in total. The summed E-state index contributed by atoms with van der Waals surface area (Å²) in [5.74, 6) is -1.65. The molecule has 0 spiro atoms. The molecule has 0 aromatic carbocycles. The third-order valence-electron chi connectivity index (χ3n) is 2.22. The van der Waals surface area contributed by atoms with Gasteiger partial charge in [0.15, 0.2) is 0 Å². The number of aliphatic carboxylic acids is 1. The number of aromatic nitrogens is 2. The third-order valence-corrected chi connectivity index (χ3v) is 2.22. The first-order chi connectivity index (χ1) is 8.54. The molecule has 2 aromatic heterocycles. The average molecular weight is 245 g/mol. The van der Waals surface area contributed by atoms with Crippen LogP contribution in [0.5, 0.6) is 0 Å². The summed E-state index contributed by atoms with van der Waals surface area (Å²) < 4.78 is 1.78. The predicted octanol–water partition coefficient (Wildman–Crippen LogP) is 1.22. The van der Waals surface area contributed by atoms with E-state index < -0.39 is 11.9 Å². The maximum Gasteiger partial charge on any atom is 0.328 e. The molecular weight excluding hydrogens is 234 g/mol. The summed E-state index contributed by atoms with van der Waals surface area (Å²) in [5, 5.41) is 11.0. The van der Waals surface area contributed by atoms with Crippen molar-refractivity contribution in [3.63, 3.8) is 0 Å². The Morgan fingerprint density at radius 1 is 1.33 bits per heavy atom. The Labute approximate surface area is 103 Å². The number of carbonyl (C=O) groups excluding carboxylic acids is 1. The first kappa shape index (κ1) is 11.8. The highest BCUT2D eigenvalue weighted by Crippen LogP contribution is 2.11. The number of hydrogen-bond acceptors (Lipinski definition) is 3. The number of fused-ring (bicyclic) bond motifs is 1. The number of anilines is 1. The van der Waals surface area contributed by atoms with E-state index in [-0.39, 0.29) is 0 Å². The fraction of sp³-hybridized carbons (Fsp3) is 0.0833. The molecule has 0 fully saturated rings. The number of carbonyl (C=O) groups is 2. The molecule has 6 heteroatoms. The van der Waals surface area contributed by atoms with Gasteiger partial charge < -0.3 is 14.8 Å². The minimum atomic E-state index is -1.16. The van der Waals surface area contributed by atoms with E-state index in [1.54, 1.807) is 22.7 Å². The highest BCUT2D eigenvalue weighted by Gasteiger charge is 2.02. The molecule has 0 aliphatic heterocycles. The van der Waals surface area contributed by atoms with E-state index in [1.807, 2.05) is 13.1 Å². The van der Waals surface area contributed by atoms with Crippen molar-refractivity contribution in [1.29, 1.82) is 0 Å². The molecule has 0 saturated heterocycles. The Bertz CT molecular complexity index is 643. The molecule has 0 aliphatic carbocycles. The van der Waals surface area contributed by atoms with Crippen molar-refractivity contribution < 1.29 is 14.7 Å². The molecule has 0 radical (unpaired) electrons. The van der Waals surface area contributed by atoms with Crippen molar-refractivity contribution in [1.82, 2.24) is 9.38 Å². The van der Waals surface area contributed by atoms with Gasteiger partial charge in [-0.05, 0) is 19.1 Å². The van der Waals surface area contributed by atoms with Crippen LogP contribution in [0.15, 0.2) is 36.7 Å². The maximum atomic E-state index is 11.4. The van der Waals surface area contributed by atoms with E-state index in [4.69, 9.17) is 5.11 Å². The smallest absolute Gasteiger partial charge is 0.328 e. The molecule has 0 aliphatic rings. The summed E-state index contributed by atoms with van der Waals surface area (Å²) in [6.45, 7) is 1.88. The van der Waals surface area contributed by atoms with Crippen LogP contribution in [0.25, 0.3) is 5.65 Å². The van der Waals surface area contributed by atoms with Crippen molar-refractivity contribution in [2.75, 3.05) is 5.32 Å². The number of carboxylic acid groups (broad SMARTS) is 1. The van der Waals surface area contributed by atoms with Gasteiger partial charge in [-0.2, -0.15) is 0 Å². The second-order valence-corrected chi connectivity index (χ2v) is 3.73. The number of nitrogens with one attached hydrogen (secondary N) is 1. The zero-order valence-electron chi connectivity index (χ0n) is 9.62. The molecule has 0 saturated carbocycles. The predicted molar refractivity (Wildman–Crippen MR) is 65.3 cm³/mol. The summed E-state index contributed by atoms with van der Waals surface area (Å²) >= 11 is 0. The molecule has 0 bridgehead atoms. The van der Waals surface area contributed by atoms with Gasteiger partial charge in [0.2, 0.25) is 5.91 Å². The molecule has 0 unspecified atom stereocenters. The fourth-order valence-corrected chi connectivity index (χ4v) is 1.52. The Hall–Kier alpha value is -2.63. The van der Waals surface area contributed by atoms with Crippen LogP contribution < -0.4 is 5.32 Å². The highest BCUT2D eigenvalue weighted by molar-refractivity contribution is 6.02. The van der Waals surface area contributed by atoms with Gasteiger partial charge in [-0.3, -0.25) is 4.79 Å². The minimum Gasteiger partial charge on any atom is -0.478 e. The van der Waals surface area contributed by atoms with Crippen molar-refractivity contribution in [2.24, 2.45) is 0 Å². The van der Waals surface area contributed by atoms with E-state index >= 15 is 0 Å². The Morgan fingerprint density at radius 3 is 2.83 bits per heavy atom. The summed E-state index contributed by atoms with van der Waals surface area (Å²) in [5.41, 5.74) is 2.23. The van der Waals surface area contributed by atoms with E-state index in [0.29, 0.717) is 5.69 Å². The summed E-state index contributed by atoms with van der Waals surface area (Å²) in [6.07, 6.45) is 5.29. The molecule has 0 atom stereocenters. The van der Waals surface area contributed by atoms with Crippen LogP contribution in [0.2, 0.25) is 0 Å². The van der Waals surface area contributed by atoms with Gasteiger partial charge in [-0.15, -0.1) is 0 Å². The highest BCUT2D eigenvalue weighted by atomic mass is 16.4. The molecular formula is C12H11N3O3. The topological polar surface area (TPSA) is 83.7 Å². The van der Waals surface area contributed by atoms with E-state index in [1.165, 1.54) is 0 Å². The number of nitrogens with zero attached hydrogens (tertiary/aromatic N) is 2. The van der Waals surface area contributed by atoms with E-state index in [2.05, 4.69) is 10.3 Å². The summed E-state index contributed by atoms with van der Waals surface area (Å²) in [6, 6.07) is 3.47. The molecule has 2 rings (SSSR count). The molecule has 2 heterocycles. The van der Waals surface area contributed by atoms with Crippen LogP contribution in [-0.2, 0) is 9.59 Å². The second kappa shape index (κ2) is 4.70. The number of hydrogen-bond donors (Lipinski definition) is 2. The van der Waals surface area contributed by atoms with Gasteiger partial charge in [0.05, 0.1) is 11.4 Å². The van der Waals surface area contributed by atoms with Crippen molar-refractivity contribution in [3.05, 3.63) is 42.4 Å². The lowest BCUT2D eigenvalue weighted by Crippen LogP contribution is -2.09. The van der Waals surface area contributed by atoms with Crippen molar-refractivity contribution in [3.8, 4) is 0 Å². The molecule has 2 aromatic rings. The quantitative estimate of drug-likeness (QED) is 0.796. The van der Waals surface area contributed by atoms with Gasteiger partial charge in [-0.1, -0.05) is 0 Å². The average Bonchev–Trinajstić information content (AvgIpc) is 2.66. The first-order valence-corrected chi connectivity index (χ1v) is 5.22. The largest absolute Gasteiger partial charge is 0.478 e. The lowest BCUT2D eigenvalue weighted by atomic mass is 10.4. The maximum absolute atomic E-state index is 11.4. The second-order valence-electron chi connectivity index (χ2n) is 3.73. The Kier molecular flexibility index (Phi) is 3.09. The lowest BCUT2D eigenvalue weighted by molar-refractivity contribution is -0.131. The molecule has 92 valence electrons. The van der Waals surface area contributed by atoms with E-state index in [9.17, 15) is 9.59 Å². The van der Waals surface area contributed by atoms with Gasteiger partial charge in [0.1, 0.15) is 5.65 Å². The number of pyridine rings is 1. The number of aryl methyl sites for hydroxylation is 1. The van der Waals surface area contributed by atoms with E-state index in [0.717, 1.165) is 23.5 Å². The van der Waals surface area contributed by atoms with Crippen LogP contribution in [0.3, 0.4) is 0 Å². The number of carboxylic acids is 1. The number of rotatable bonds is 3. The van der Waals surface area contributed by atoms with Gasteiger partial charge in [0.25, 0.3) is 0 Å². The monoisotopic (exact) mass is 245 g/mol. The minimum absolute atomic E-state index is 0.492. The standard InChI is InChI=1S/C12H11N3O3/c1-8-6-15-7-9(2-3-10(15)13-8)14-11(16)4-5-12(17)18/h2-7H,1H3,(H,14,16)(H,17,18)/b5-4+. The van der Waals surface area contributed by atoms with Gasteiger partial charge in [-0.25, -0.2) is 9.78 Å². The molecule has 2 N–H and O–H groups in total. The Balaban J connectivity index is 2.16. The van der Waals surface area contributed by atoms with Crippen LogP contribution in [0, 0.1) is 6.92 Å². The fourth-order valence-electron chi connectivity index (χ4n) is 1.52. The van der Waals surface area contributed by atoms with Crippen LogP contribution in [0.1, 0.15) is 5.69 Å².